The maximum absolute atomic E-state index is 11.9. The van der Waals surface area contributed by atoms with Crippen LogP contribution in [0.1, 0.15) is 0 Å². The lowest BCUT2D eigenvalue weighted by molar-refractivity contribution is -0.384. The number of rotatable bonds is 5. The summed E-state index contributed by atoms with van der Waals surface area (Å²) in [6, 6.07) is 4.06. The molecule has 112 valence electrons. The molecule has 1 aromatic carbocycles. The minimum atomic E-state index is -0.514. The lowest BCUT2D eigenvalue weighted by atomic mass is 10.2. The van der Waals surface area contributed by atoms with Gasteiger partial charge in [0.15, 0.2) is 0 Å². The SMILES string of the molecule is COc1cc([N+](=O)[O-])ccc1NC(=O)CSC1=NCCS1. The zero-order valence-electron chi connectivity index (χ0n) is 11.2. The summed E-state index contributed by atoms with van der Waals surface area (Å²) in [5.74, 6) is 1.25. The third kappa shape index (κ3) is 4.36. The van der Waals surface area contributed by atoms with Crippen molar-refractivity contribution in [2.45, 2.75) is 0 Å². The van der Waals surface area contributed by atoms with Crippen molar-refractivity contribution in [3.05, 3.63) is 28.3 Å². The van der Waals surface area contributed by atoms with E-state index in [-0.39, 0.29) is 23.1 Å². The molecule has 1 amide bonds. The normalized spacial score (nSPS) is 13.7. The van der Waals surface area contributed by atoms with E-state index in [1.54, 1.807) is 11.8 Å². The van der Waals surface area contributed by atoms with Crippen molar-refractivity contribution >= 4 is 45.2 Å². The van der Waals surface area contributed by atoms with Crippen molar-refractivity contribution in [3.63, 3.8) is 0 Å². The van der Waals surface area contributed by atoms with E-state index in [4.69, 9.17) is 4.74 Å². The molecule has 1 N–H and O–H groups in total. The Hall–Kier alpha value is -1.74. The van der Waals surface area contributed by atoms with E-state index in [9.17, 15) is 14.9 Å². The Morgan fingerprint density at radius 2 is 2.43 bits per heavy atom. The zero-order chi connectivity index (χ0) is 15.2. The third-order valence-corrected chi connectivity index (χ3v) is 4.81. The minimum Gasteiger partial charge on any atom is -0.494 e. The van der Waals surface area contributed by atoms with Gasteiger partial charge in [-0.05, 0) is 6.07 Å². The number of nitro benzene ring substituents is 1. The summed E-state index contributed by atoms with van der Waals surface area (Å²) in [4.78, 5) is 26.3. The van der Waals surface area contributed by atoms with Crippen LogP contribution >= 0.6 is 23.5 Å². The van der Waals surface area contributed by atoms with Gasteiger partial charge in [-0.1, -0.05) is 23.5 Å². The van der Waals surface area contributed by atoms with Crippen LogP contribution in [-0.2, 0) is 4.79 Å². The van der Waals surface area contributed by atoms with Crippen molar-refractivity contribution in [1.82, 2.24) is 0 Å². The largest absolute Gasteiger partial charge is 0.494 e. The smallest absolute Gasteiger partial charge is 0.273 e. The second kappa shape index (κ2) is 7.32. The van der Waals surface area contributed by atoms with E-state index in [0.717, 1.165) is 16.7 Å². The van der Waals surface area contributed by atoms with E-state index < -0.39 is 4.92 Å². The lowest BCUT2D eigenvalue weighted by Gasteiger charge is -2.09. The number of carbonyl (C=O) groups excluding carboxylic acids is 1. The number of hydrogen-bond acceptors (Lipinski definition) is 7. The molecule has 0 radical (unpaired) electrons. The minimum absolute atomic E-state index is 0.0871. The molecule has 1 aliphatic heterocycles. The second-order valence-electron chi connectivity index (χ2n) is 3.97. The number of thioether (sulfide) groups is 2. The Morgan fingerprint density at radius 3 is 3.05 bits per heavy atom. The van der Waals surface area contributed by atoms with Gasteiger partial charge in [-0.15, -0.1) is 0 Å². The topological polar surface area (TPSA) is 93.8 Å². The molecule has 1 aliphatic rings. The highest BCUT2D eigenvalue weighted by Gasteiger charge is 2.15. The van der Waals surface area contributed by atoms with Crippen LogP contribution in [0, 0.1) is 10.1 Å². The number of nitro groups is 1. The highest BCUT2D eigenvalue weighted by atomic mass is 32.2. The Bertz CT molecular complexity index is 592. The fourth-order valence-electron chi connectivity index (χ4n) is 1.61. The molecule has 0 fully saturated rings. The molecule has 0 aromatic heterocycles. The summed E-state index contributed by atoms with van der Waals surface area (Å²) < 4.78 is 5.98. The first kappa shape index (κ1) is 15.6. The monoisotopic (exact) mass is 327 g/mol. The summed E-state index contributed by atoms with van der Waals surface area (Å²) >= 11 is 3.02. The van der Waals surface area contributed by atoms with Gasteiger partial charge >= 0.3 is 0 Å². The molecular formula is C12H13N3O4S2. The average molecular weight is 327 g/mol. The molecule has 0 atom stereocenters. The van der Waals surface area contributed by atoms with Crippen LogP contribution in [-0.4, -0.2) is 40.4 Å². The molecule has 21 heavy (non-hydrogen) atoms. The first-order chi connectivity index (χ1) is 10.1. The molecule has 9 heteroatoms. The number of hydrogen-bond donors (Lipinski definition) is 1. The first-order valence-corrected chi connectivity index (χ1v) is 7.99. The Balaban J connectivity index is 1.97. The predicted octanol–water partition coefficient (Wildman–Crippen LogP) is 2.38. The van der Waals surface area contributed by atoms with Gasteiger partial charge in [0.25, 0.3) is 5.69 Å². The van der Waals surface area contributed by atoms with Crippen molar-refractivity contribution in [2.24, 2.45) is 4.99 Å². The Labute approximate surface area is 129 Å². The maximum atomic E-state index is 11.9. The molecule has 0 unspecified atom stereocenters. The van der Waals surface area contributed by atoms with E-state index >= 15 is 0 Å². The number of nitrogens with zero attached hydrogens (tertiary/aromatic N) is 2. The van der Waals surface area contributed by atoms with Crippen LogP contribution in [0.3, 0.4) is 0 Å². The van der Waals surface area contributed by atoms with Crippen molar-refractivity contribution in [2.75, 3.05) is 30.5 Å². The molecule has 0 saturated heterocycles. The van der Waals surface area contributed by atoms with E-state index in [2.05, 4.69) is 10.3 Å². The standard InChI is InChI=1S/C12H13N3O4S2/c1-19-10-6-8(15(17)18)2-3-9(10)14-11(16)7-21-12-13-4-5-20-12/h2-3,6H,4-5,7H2,1H3,(H,14,16). The van der Waals surface area contributed by atoms with Crippen molar-refractivity contribution in [3.8, 4) is 5.75 Å². The molecule has 1 heterocycles. The van der Waals surface area contributed by atoms with Crippen LogP contribution < -0.4 is 10.1 Å². The Morgan fingerprint density at radius 1 is 1.62 bits per heavy atom. The fraction of sp³-hybridized carbons (Fsp3) is 0.333. The summed E-state index contributed by atoms with van der Waals surface area (Å²) in [7, 11) is 1.40. The van der Waals surface area contributed by atoms with Crippen molar-refractivity contribution in [1.29, 1.82) is 0 Å². The number of methoxy groups -OCH3 is 1. The van der Waals surface area contributed by atoms with Gasteiger partial charge in [0.05, 0.1) is 36.1 Å². The number of amides is 1. The van der Waals surface area contributed by atoms with E-state index in [1.807, 2.05) is 0 Å². The highest BCUT2D eigenvalue weighted by Crippen LogP contribution is 2.29. The van der Waals surface area contributed by atoms with Crippen LogP contribution in [0.2, 0.25) is 0 Å². The number of carbonyl (C=O) groups is 1. The maximum Gasteiger partial charge on any atom is 0.273 e. The number of aliphatic imine (C=N–C) groups is 1. The number of benzene rings is 1. The molecular weight excluding hydrogens is 314 g/mol. The van der Waals surface area contributed by atoms with Gasteiger partial charge in [-0.3, -0.25) is 19.9 Å². The number of ether oxygens (including phenoxy) is 1. The average Bonchev–Trinajstić information content (AvgIpc) is 2.98. The molecule has 1 aromatic rings. The molecule has 0 spiro atoms. The molecule has 0 aliphatic carbocycles. The lowest BCUT2D eigenvalue weighted by Crippen LogP contribution is -2.15. The fourth-order valence-corrected chi connectivity index (χ4v) is 3.42. The molecule has 7 nitrogen and oxygen atoms in total. The number of anilines is 1. The summed E-state index contributed by atoms with van der Waals surface area (Å²) in [5.41, 5.74) is 0.325. The summed E-state index contributed by atoms with van der Waals surface area (Å²) in [6.07, 6.45) is 0. The third-order valence-electron chi connectivity index (χ3n) is 2.55. The molecule has 0 bridgehead atoms. The number of non-ortho nitro benzene ring substituents is 1. The zero-order valence-corrected chi connectivity index (χ0v) is 12.8. The Kier molecular flexibility index (Phi) is 5.45. The first-order valence-electron chi connectivity index (χ1n) is 6.02. The van der Waals surface area contributed by atoms with Crippen LogP contribution in [0.4, 0.5) is 11.4 Å². The van der Waals surface area contributed by atoms with Crippen molar-refractivity contribution < 1.29 is 14.5 Å². The van der Waals surface area contributed by atoms with Gasteiger partial charge in [-0.2, -0.15) is 0 Å². The van der Waals surface area contributed by atoms with Gasteiger partial charge in [-0.25, -0.2) is 0 Å². The summed E-state index contributed by atoms with van der Waals surface area (Å²) in [6.45, 7) is 0.796. The number of nitrogens with one attached hydrogen (secondary N) is 1. The highest BCUT2D eigenvalue weighted by molar-refractivity contribution is 8.39. The van der Waals surface area contributed by atoms with Crippen LogP contribution in [0.5, 0.6) is 5.75 Å². The van der Waals surface area contributed by atoms with Crippen LogP contribution in [0.15, 0.2) is 23.2 Å². The summed E-state index contributed by atoms with van der Waals surface area (Å²) in [5, 5.41) is 13.4. The van der Waals surface area contributed by atoms with Gasteiger partial charge < -0.3 is 10.1 Å². The van der Waals surface area contributed by atoms with Crippen LogP contribution in [0.25, 0.3) is 0 Å². The molecule has 0 saturated carbocycles. The van der Waals surface area contributed by atoms with E-state index in [0.29, 0.717) is 5.69 Å². The van der Waals surface area contributed by atoms with Gasteiger partial charge in [0.2, 0.25) is 5.91 Å². The van der Waals surface area contributed by atoms with Gasteiger partial charge in [0.1, 0.15) is 10.1 Å². The molecule has 2 rings (SSSR count). The van der Waals surface area contributed by atoms with E-state index in [1.165, 1.54) is 37.1 Å². The van der Waals surface area contributed by atoms with Gasteiger partial charge in [0, 0.05) is 11.8 Å². The second-order valence-corrected chi connectivity index (χ2v) is 6.28. The predicted molar refractivity (Wildman–Crippen MR) is 85.5 cm³/mol. The quantitative estimate of drug-likeness (QED) is 0.659.